The van der Waals surface area contributed by atoms with Crippen molar-refractivity contribution >= 4 is 21.0 Å². The molecule has 3 aromatic rings. The molecule has 154 valence electrons. The number of benzene rings is 2. The van der Waals surface area contributed by atoms with E-state index in [9.17, 15) is 8.42 Å². The Kier molecular flexibility index (Phi) is 5.84. The molecule has 0 N–H and O–H groups in total. The molecule has 0 radical (unpaired) electrons. The lowest BCUT2D eigenvalue weighted by Gasteiger charge is -2.21. The van der Waals surface area contributed by atoms with Gasteiger partial charge in [-0.15, -0.1) is 0 Å². The number of rotatable bonds is 6. The van der Waals surface area contributed by atoms with E-state index in [2.05, 4.69) is 10.1 Å². The van der Waals surface area contributed by atoms with Crippen LogP contribution in [0.15, 0.2) is 57.9 Å². The van der Waals surface area contributed by atoms with Crippen LogP contribution in [0.1, 0.15) is 19.0 Å². The van der Waals surface area contributed by atoms with Crippen molar-refractivity contribution in [2.75, 3.05) is 32.8 Å². The highest BCUT2D eigenvalue weighted by molar-refractivity contribution is 7.89. The van der Waals surface area contributed by atoms with Gasteiger partial charge in [0.1, 0.15) is 11.4 Å². The van der Waals surface area contributed by atoms with Crippen LogP contribution in [0.3, 0.4) is 0 Å². The van der Waals surface area contributed by atoms with E-state index in [4.69, 9.17) is 9.26 Å². The fourth-order valence-electron chi connectivity index (χ4n) is 3.63. The molecular weight excluding hydrogens is 390 g/mol. The van der Waals surface area contributed by atoms with Gasteiger partial charge in [0.2, 0.25) is 10.0 Å². The first-order chi connectivity index (χ1) is 14.1. The minimum atomic E-state index is -3.52. The highest BCUT2D eigenvalue weighted by Gasteiger charge is 2.27. The zero-order valence-electron chi connectivity index (χ0n) is 16.5. The van der Waals surface area contributed by atoms with Crippen LogP contribution in [0.4, 0.5) is 0 Å². The third kappa shape index (κ3) is 4.29. The lowest BCUT2D eigenvalue weighted by Crippen LogP contribution is -2.35. The monoisotopic (exact) mass is 415 g/mol. The zero-order valence-corrected chi connectivity index (χ0v) is 17.3. The molecule has 8 heteroatoms. The van der Waals surface area contributed by atoms with Crippen LogP contribution < -0.4 is 4.74 Å². The Bertz CT molecular complexity index is 1060. The Hall–Kier alpha value is -2.42. The average molecular weight is 416 g/mol. The van der Waals surface area contributed by atoms with Crippen LogP contribution in [0, 0.1) is 0 Å². The molecule has 0 spiro atoms. The topological polar surface area (TPSA) is 75.9 Å². The fraction of sp³-hybridized carbons (Fsp3) is 0.381. The van der Waals surface area contributed by atoms with Crippen molar-refractivity contribution in [2.24, 2.45) is 0 Å². The Labute approximate surface area is 170 Å². The lowest BCUT2D eigenvalue weighted by molar-refractivity contribution is 0.270. The first kappa shape index (κ1) is 19.9. The summed E-state index contributed by atoms with van der Waals surface area (Å²) < 4.78 is 38.5. The summed E-state index contributed by atoms with van der Waals surface area (Å²) in [6.07, 6.45) is 0.770. The number of nitrogens with zero attached hydrogens (tertiary/aromatic N) is 3. The van der Waals surface area contributed by atoms with E-state index in [-0.39, 0.29) is 0 Å². The van der Waals surface area contributed by atoms with Gasteiger partial charge in [-0.05, 0) is 56.3 Å². The van der Waals surface area contributed by atoms with E-state index in [0.717, 1.165) is 29.6 Å². The van der Waals surface area contributed by atoms with Crippen LogP contribution in [-0.4, -0.2) is 55.6 Å². The van der Waals surface area contributed by atoms with Gasteiger partial charge in [-0.2, -0.15) is 4.31 Å². The molecule has 1 aromatic heterocycles. The molecule has 1 fully saturated rings. The Morgan fingerprint density at radius 3 is 2.62 bits per heavy atom. The van der Waals surface area contributed by atoms with Crippen molar-refractivity contribution in [2.45, 2.75) is 24.8 Å². The van der Waals surface area contributed by atoms with Crippen molar-refractivity contribution in [1.82, 2.24) is 14.4 Å². The van der Waals surface area contributed by atoms with Crippen molar-refractivity contribution in [3.05, 3.63) is 54.2 Å². The molecule has 0 saturated carbocycles. The molecule has 0 amide bonds. The molecule has 0 atom stereocenters. The molecule has 2 heterocycles. The van der Waals surface area contributed by atoms with Crippen LogP contribution in [0.2, 0.25) is 0 Å². The van der Waals surface area contributed by atoms with Gasteiger partial charge < -0.3 is 9.26 Å². The second-order valence-corrected chi connectivity index (χ2v) is 9.00. The Morgan fingerprint density at radius 1 is 1.03 bits per heavy atom. The van der Waals surface area contributed by atoms with Gasteiger partial charge in [0.15, 0.2) is 5.58 Å². The number of hydrogen-bond donors (Lipinski definition) is 0. The summed E-state index contributed by atoms with van der Waals surface area (Å²) in [5.41, 5.74) is 1.67. The lowest BCUT2D eigenvalue weighted by atomic mass is 10.2. The zero-order chi connectivity index (χ0) is 20.3. The van der Waals surface area contributed by atoms with E-state index >= 15 is 0 Å². The minimum Gasteiger partial charge on any atom is -0.494 e. The molecule has 7 nitrogen and oxygen atoms in total. The van der Waals surface area contributed by atoms with Gasteiger partial charge in [-0.25, -0.2) is 8.42 Å². The van der Waals surface area contributed by atoms with Crippen LogP contribution in [-0.2, 0) is 16.6 Å². The average Bonchev–Trinajstić information content (AvgIpc) is 2.97. The number of fused-ring (bicyclic) bond motifs is 1. The third-order valence-electron chi connectivity index (χ3n) is 5.15. The second kappa shape index (κ2) is 8.52. The normalized spacial score (nSPS) is 16.7. The standard InChI is InChI=1S/C21H25N3O4S/c1-2-27-17-8-10-18(11-9-17)29(25,26)24-13-5-12-23(14-15-24)16-20-19-6-3-4-7-21(19)28-22-20/h3-4,6-11H,2,5,12-16H2,1H3. The highest BCUT2D eigenvalue weighted by atomic mass is 32.2. The number of aromatic nitrogens is 1. The maximum Gasteiger partial charge on any atom is 0.243 e. The molecule has 2 aromatic carbocycles. The van der Waals surface area contributed by atoms with Crippen LogP contribution in [0.5, 0.6) is 5.75 Å². The van der Waals surface area contributed by atoms with E-state index in [1.165, 1.54) is 0 Å². The number of para-hydroxylation sites is 1. The quantitative estimate of drug-likeness (QED) is 0.616. The van der Waals surface area contributed by atoms with Crippen molar-refractivity contribution in [3.8, 4) is 5.75 Å². The van der Waals surface area contributed by atoms with Crippen LogP contribution in [0.25, 0.3) is 11.0 Å². The van der Waals surface area contributed by atoms with Gasteiger partial charge in [0, 0.05) is 31.6 Å². The SMILES string of the molecule is CCOc1ccc(S(=O)(=O)N2CCCN(Cc3noc4ccccc34)CC2)cc1. The Morgan fingerprint density at radius 2 is 1.83 bits per heavy atom. The summed E-state index contributed by atoms with van der Waals surface area (Å²) in [6, 6.07) is 14.4. The van der Waals surface area contributed by atoms with Crippen LogP contribution >= 0.6 is 0 Å². The van der Waals surface area contributed by atoms with Gasteiger partial charge in [-0.1, -0.05) is 17.3 Å². The molecule has 29 heavy (non-hydrogen) atoms. The predicted molar refractivity (Wildman–Crippen MR) is 110 cm³/mol. The smallest absolute Gasteiger partial charge is 0.243 e. The molecule has 0 unspecified atom stereocenters. The Balaban J connectivity index is 1.44. The van der Waals surface area contributed by atoms with E-state index in [0.29, 0.717) is 43.4 Å². The maximum atomic E-state index is 13.0. The molecule has 0 bridgehead atoms. The fourth-order valence-corrected chi connectivity index (χ4v) is 5.10. The molecule has 1 aliphatic rings. The summed E-state index contributed by atoms with van der Waals surface area (Å²) in [6.45, 7) is 5.52. The summed E-state index contributed by atoms with van der Waals surface area (Å²) in [4.78, 5) is 2.54. The molecule has 1 saturated heterocycles. The molecule has 4 rings (SSSR count). The van der Waals surface area contributed by atoms with Gasteiger partial charge in [0.05, 0.1) is 11.5 Å². The maximum absolute atomic E-state index is 13.0. The van der Waals surface area contributed by atoms with Gasteiger partial charge >= 0.3 is 0 Å². The summed E-state index contributed by atoms with van der Waals surface area (Å²) in [5.74, 6) is 0.674. The number of hydrogen-bond acceptors (Lipinski definition) is 6. The minimum absolute atomic E-state index is 0.303. The van der Waals surface area contributed by atoms with Crippen molar-refractivity contribution in [3.63, 3.8) is 0 Å². The molecule has 0 aliphatic carbocycles. The third-order valence-corrected chi connectivity index (χ3v) is 7.06. The second-order valence-electron chi connectivity index (χ2n) is 7.06. The van der Waals surface area contributed by atoms with Gasteiger partial charge in [0.25, 0.3) is 0 Å². The summed E-state index contributed by atoms with van der Waals surface area (Å²) in [7, 11) is -3.52. The molecular formula is C21H25N3O4S. The number of sulfonamides is 1. The number of ether oxygens (including phenoxy) is 1. The first-order valence-electron chi connectivity index (χ1n) is 9.86. The van der Waals surface area contributed by atoms with Gasteiger partial charge in [-0.3, -0.25) is 4.90 Å². The molecule has 1 aliphatic heterocycles. The summed E-state index contributed by atoms with van der Waals surface area (Å²) in [5, 5.41) is 5.21. The largest absolute Gasteiger partial charge is 0.494 e. The van der Waals surface area contributed by atoms with E-state index in [1.807, 2.05) is 31.2 Å². The highest BCUT2D eigenvalue weighted by Crippen LogP contribution is 2.23. The predicted octanol–water partition coefficient (Wildman–Crippen LogP) is 3.12. The van der Waals surface area contributed by atoms with E-state index < -0.39 is 10.0 Å². The van der Waals surface area contributed by atoms with E-state index in [1.54, 1.807) is 28.6 Å². The first-order valence-corrected chi connectivity index (χ1v) is 11.3. The van der Waals surface area contributed by atoms with Crippen molar-refractivity contribution < 1.29 is 17.7 Å². The summed E-state index contributed by atoms with van der Waals surface area (Å²) >= 11 is 0. The van der Waals surface area contributed by atoms with Crippen molar-refractivity contribution in [1.29, 1.82) is 0 Å².